The van der Waals surface area contributed by atoms with Gasteiger partial charge in [-0.05, 0) is 6.07 Å². The van der Waals surface area contributed by atoms with Gasteiger partial charge >= 0.3 is 0 Å². The molecule has 10 heteroatoms. The zero-order chi connectivity index (χ0) is 15.9. The fraction of sp³-hybridized carbons (Fsp3) is 0.250. The number of nitro groups is 1. The first-order valence-corrected chi connectivity index (χ1v) is 7.84. The number of primary sulfonamides is 1. The van der Waals surface area contributed by atoms with Crippen LogP contribution in [-0.4, -0.2) is 36.3 Å². The minimum Gasteiger partial charge on any atom is -0.377 e. The molecule has 0 saturated carbocycles. The first kappa shape index (κ1) is 14.6. The third kappa shape index (κ3) is 2.58. The van der Waals surface area contributed by atoms with Crippen LogP contribution in [-0.2, 0) is 14.8 Å². The number of non-ortho nitro benzene ring substituents is 1. The molecule has 0 aliphatic carbocycles. The molecule has 1 saturated heterocycles. The van der Waals surface area contributed by atoms with Gasteiger partial charge in [0, 0.05) is 29.5 Å². The van der Waals surface area contributed by atoms with Crippen molar-refractivity contribution in [3.05, 3.63) is 40.7 Å². The molecule has 0 unspecified atom stereocenters. The Labute approximate surface area is 125 Å². The van der Waals surface area contributed by atoms with Crippen LogP contribution in [0.5, 0.6) is 0 Å². The second kappa shape index (κ2) is 5.16. The number of rotatable bonds is 4. The molecule has 2 aromatic rings. The van der Waals surface area contributed by atoms with E-state index in [-0.39, 0.29) is 22.2 Å². The first-order valence-electron chi connectivity index (χ1n) is 6.30. The van der Waals surface area contributed by atoms with E-state index in [1.807, 2.05) is 0 Å². The summed E-state index contributed by atoms with van der Waals surface area (Å²) in [6.45, 7) is 1.09. The van der Waals surface area contributed by atoms with Gasteiger partial charge in [0.15, 0.2) is 0 Å². The molecule has 0 amide bonds. The Bertz CT molecular complexity index is 841. The molecule has 0 spiro atoms. The number of nitrogens with zero attached hydrogens (tertiary/aromatic N) is 3. The van der Waals surface area contributed by atoms with E-state index in [1.54, 1.807) is 10.9 Å². The Morgan fingerprint density at radius 3 is 2.68 bits per heavy atom. The summed E-state index contributed by atoms with van der Waals surface area (Å²) in [6, 6.07) is 3.66. The monoisotopic (exact) mass is 324 g/mol. The smallest absolute Gasteiger partial charge is 0.270 e. The van der Waals surface area contributed by atoms with Gasteiger partial charge in [0.1, 0.15) is 0 Å². The highest BCUT2D eigenvalue weighted by molar-refractivity contribution is 7.89. The molecule has 1 fully saturated rings. The van der Waals surface area contributed by atoms with Crippen LogP contribution in [0.4, 0.5) is 5.69 Å². The lowest BCUT2D eigenvalue weighted by atomic mass is 10.1. The maximum absolute atomic E-state index is 11.7. The summed E-state index contributed by atoms with van der Waals surface area (Å²) in [5, 5.41) is 20.1. The Balaban J connectivity index is 2.09. The minimum absolute atomic E-state index is 0.115. The molecule has 1 aliphatic rings. The quantitative estimate of drug-likeness (QED) is 0.650. The third-order valence-corrected chi connectivity index (χ3v) is 4.34. The van der Waals surface area contributed by atoms with Gasteiger partial charge in [-0.15, -0.1) is 0 Å². The van der Waals surface area contributed by atoms with Crippen molar-refractivity contribution in [3.8, 4) is 11.1 Å². The first-order chi connectivity index (χ1) is 10.4. The van der Waals surface area contributed by atoms with Crippen molar-refractivity contribution in [2.24, 2.45) is 5.14 Å². The van der Waals surface area contributed by atoms with Crippen molar-refractivity contribution in [1.82, 2.24) is 9.78 Å². The molecule has 116 valence electrons. The van der Waals surface area contributed by atoms with Crippen LogP contribution >= 0.6 is 0 Å². The summed E-state index contributed by atoms with van der Waals surface area (Å²) in [5.74, 6) is 0. The lowest BCUT2D eigenvalue weighted by Gasteiger charge is -2.25. The van der Waals surface area contributed by atoms with Gasteiger partial charge in [-0.25, -0.2) is 13.6 Å². The van der Waals surface area contributed by atoms with Gasteiger partial charge in [-0.1, -0.05) is 0 Å². The van der Waals surface area contributed by atoms with Gasteiger partial charge in [0.25, 0.3) is 5.69 Å². The fourth-order valence-electron chi connectivity index (χ4n) is 2.15. The van der Waals surface area contributed by atoms with E-state index in [0.29, 0.717) is 18.8 Å². The lowest BCUT2D eigenvalue weighted by Crippen LogP contribution is -2.30. The predicted molar refractivity (Wildman–Crippen MR) is 75.5 cm³/mol. The highest BCUT2D eigenvalue weighted by atomic mass is 32.2. The second-order valence-corrected chi connectivity index (χ2v) is 6.41. The van der Waals surface area contributed by atoms with Crippen molar-refractivity contribution >= 4 is 15.7 Å². The number of hydrogen-bond donors (Lipinski definition) is 1. The standard InChI is InChI=1S/C12H12N4O5S/c13-22(19,20)12-3-9(16(17)18)1-2-11(12)8-4-14-15(5-8)10-6-21-7-10/h1-5,10H,6-7H2,(H2,13,19,20). The number of sulfonamides is 1. The summed E-state index contributed by atoms with van der Waals surface area (Å²) in [5.41, 5.74) is 0.456. The number of hydrogen-bond acceptors (Lipinski definition) is 6. The van der Waals surface area contributed by atoms with Crippen molar-refractivity contribution in [1.29, 1.82) is 0 Å². The molecule has 0 bridgehead atoms. The van der Waals surface area contributed by atoms with Crippen LogP contribution in [0.25, 0.3) is 11.1 Å². The Kier molecular flexibility index (Phi) is 3.43. The SMILES string of the molecule is NS(=O)(=O)c1cc([N+](=O)[O-])ccc1-c1cnn(C2COC2)c1. The number of nitrogens with two attached hydrogens (primary N) is 1. The maximum atomic E-state index is 11.7. The maximum Gasteiger partial charge on any atom is 0.270 e. The van der Waals surface area contributed by atoms with Crippen LogP contribution in [0.15, 0.2) is 35.5 Å². The molecular weight excluding hydrogens is 312 g/mol. The van der Waals surface area contributed by atoms with Crippen LogP contribution < -0.4 is 5.14 Å². The number of benzene rings is 1. The largest absolute Gasteiger partial charge is 0.377 e. The molecule has 2 heterocycles. The van der Waals surface area contributed by atoms with E-state index in [1.165, 1.54) is 18.3 Å². The van der Waals surface area contributed by atoms with E-state index in [4.69, 9.17) is 9.88 Å². The average Bonchev–Trinajstić information content (AvgIpc) is 2.84. The van der Waals surface area contributed by atoms with Gasteiger partial charge in [0.05, 0.1) is 35.3 Å². The molecule has 1 aromatic carbocycles. The average molecular weight is 324 g/mol. The number of nitro benzene ring substituents is 1. The van der Waals surface area contributed by atoms with Crippen LogP contribution in [0, 0.1) is 10.1 Å². The lowest BCUT2D eigenvalue weighted by molar-refractivity contribution is -0.385. The summed E-state index contributed by atoms with van der Waals surface area (Å²) in [7, 11) is -4.11. The number of ether oxygens (including phenoxy) is 1. The third-order valence-electron chi connectivity index (χ3n) is 3.39. The van der Waals surface area contributed by atoms with E-state index < -0.39 is 14.9 Å². The van der Waals surface area contributed by atoms with Crippen molar-refractivity contribution in [2.45, 2.75) is 10.9 Å². The highest BCUT2D eigenvalue weighted by Gasteiger charge is 2.24. The minimum atomic E-state index is -4.11. The van der Waals surface area contributed by atoms with E-state index >= 15 is 0 Å². The van der Waals surface area contributed by atoms with Crippen LogP contribution in [0.1, 0.15) is 6.04 Å². The predicted octanol–water partition coefficient (Wildman–Crippen LogP) is 0.677. The molecule has 9 nitrogen and oxygen atoms in total. The summed E-state index contributed by atoms with van der Waals surface area (Å²) in [6.07, 6.45) is 3.16. The van der Waals surface area contributed by atoms with Crippen LogP contribution in [0.2, 0.25) is 0 Å². The molecule has 1 aliphatic heterocycles. The summed E-state index contributed by atoms with van der Waals surface area (Å²) < 4.78 is 30.2. The molecule has 2 N–H and O–H groups in total. The van der Waals surface area contributed by atoms with E-state index in [0.717, 1.165) is 6.07 Å². The highest BCUT2D eigenvalue weighted by Crippen LogP contribution is 2.30. The molecule has 1 aromatic heterocycles. The van der Waals surface area contributed by atoms with Gasteiger partial charge in [0.2, 0.25) is 10.0 Å². The molecule has 0 atom stereocenters. The van der Waals surface area contributed by atoms with E-state index in [9.17, 15) is 18.5 Å². The topological polar surface area (TPSA) is 130 Å². The van der Waals surface area contributed by atoms with Crippen LogP contribution in [0.3, 0.4) is 0 Å². The molecular formula is C12H12N4O5S. The number of aromatic nitrogens is 2. The Hall–Kier alpha value is -2.30. The zero-order valence-corrected chi connectivity index (χ0v) is 12.1. The van der Waals surface area contributed by atoms with Crippen molar-refractivity contribution in [2.75, 3.05) is 13.2 Å². The van der Waals surface area contributed by atoms with Gasteiger partial charge in [-0.3, -0.25) is 14.8 Å². The summed E-state index contributed by atoms with van der Waals surface area (Å²) in [4.78, 5) is 9.83. The zero-order valence-electron chi connectivity index (χ0n) is 11.2. The van der Waals surface area contributed by atoms with E-state index in [2.05, 4.69) is 5.10 Å². The van der Waals surface area contributed by atoms with Gasteiger partial charge < -0.3 is 4.74 Å². The normalized spacial score (nSPS) is 15.5. The Morgan fingerprint density at radius 1 is 1.41 bits per heavy atom. The summed E-state index contributed by atoms with van der Waals surface area (Å²) >= 11 is 0. The molecule has 22 heavy (non-hydrogen) atoms. The van der Waals surface area contributed by atoms with Gasteiger partial charge in [-0.2, -0.15) is 5.10 Å². The molecule has 3 rings (SSSR count). The van der Waals surface area contributed by atoms with Crippen molar-refractivity contribution in [3.63, 3.8) is 0 Å². The fourth-order valence-corrected chi connectivity index (χ4v) is 2.93. The Morgan fingerprint density at radius 2 is 2.14 bits per heavy atom. The molecule has 0 radical (unpaired) electrons. The second-order valence-electron chi connectivity index (χ2n) is 4.88. The van der Waals surface area contributed by atoms with Crippen molar-refractivity contribution < 1.29 is 18.1 Å².